The summed E-state index contributed by atoms with van der Waals surface area (Å²) in [7, 11) is 4.10. The number of benzene rings is 1. The first-order valence-corrected chi connectivity index (χ1v) is 8.69. The molecule has 5 nitrogen and oxygen atoms in total. The molecule has 2 unspecified atom stereocenters. The lowest BCUT2D eigenvalue weighted by atomic mass is 9.98. The van der Waals surface area contributed by atoms with Crippen molar-refractivity contribution in [1.82, 2.24) is 15.2 Å². The van der Waals surface area contributed by atoms with Crippen LogP contribution in [0.3, 0.4) is 0 Å². The predicted molar refractivity (Wildman–Crippen MR) is 97.0 cm³/mol. The van der Waals surface area contributed by atoms with Crippen LogP contribution in [-0.4, -0.2) is 42.6 Å². The highest BCUT2D eigenvalue weighted by Gasteiger charge is 2.26. The largest absolute Gasteiger partial charge is 0.368 e. The molecule has 0 saturated carbocycles. The van der Waals surface area contributed by atoms with E-state index in [4.69, 9.17) is 4.74 Å². The molecule has 5 heteroatoms. The third-order valence-electron chi connectivity index (χ3n) is 4.36. The minimum absolute atomic E-state index is 0.0447. The number of ether oxygens (including phenoxy) is 1. The number of hydrogen-bond acceptors (Lipinski definition) is 4. The van der Waals surface area contributed by atoms with Gasteiger partial charge < -0.3 is 15.0 Å². The van der Waals surface area contributed by atoms with E-state index < -0.39 is 0 Å². The van der Waals surface area contributed by atoms with Gasteiger partial charge in [-0.1, -0.05) is 24.3 Å². The first-order chi connectivity index (χ1) is 12.1. The van der Waals surface area contributed by atoms with E-state index in [2.05, 4.69) is 53.6 Å². The predicted octanol–water partition coefficient (Wildman–Crippen LogP) is 2.53. The van der Waals surface area contributed by atoms with Crippen molar-refractivity contribution in [2.24, 2.45) is 0 Å². The molecule has 2 aromatic rings. The van der Waals surface area contributed by atoms with Crippen LogP contribution in [-0.2, 0) is 16.1 Å². The first kappa shape index (κ1) is 17.6. The number of carbonyl (C=O) groups is 1. The summed E-state index contributed by atoms with van der Waals surface area (Å²) in [4.78, 5) is 18.8. The van der Waals surface area contributed by atoms with E-state index in [1.165, 1.54) is 5.56 Å². The van der Waals surface area contributed by atoms with Crippen LogP contribution in [0.1, 0.15) is 35.6 Å². The van der Waals surface area contributed by atoms with Crippen molar-refractivity contribution in [2.45, 2.75) is 31.5 Å². The summed E-state index contributed by atoms with van der Waals surface area (Å²) in [6.07, 6.45) is 4.90. The van der Waals surface area contributed by atoms with Crippen molar-refractivity contribution >= 4 is 5.91 Å². The third-order valence-corrected chi connectivity index (χ3v) is 4.36. The molecule has 1 aromatic carbocycles. The number of nitrogens with zero attached hydrogens (tertiary/aromatic N) is 2. The smallest absolute Gasteiger partial charge is 0.249 e. The van der Waals surface area contributed by atoms with Crippen LogP contribution >= 0.6 is 0 Å². The van der Waals surface area contributed by atoms with Gasteiger partial charge in [0.15, 0.2) is 0 Å². The van der Waals surface area contributed by atoms with E-state index in [1.807, 2.05) is 12.1 Å². The maximum absolute atomic E-state index is 12.6. The molecule has 0 spiro atoms. The van der Waals surface area contributed by atoms with Gasteiger partial charge in [-0.05, 0) is 55.8 Å². The number of hydrogen-bond donors (Lipinski definition) is 1. The van der Waals surface area contributed by atoms with Gasteiger partial charge in [0.05, 0.1) is 6.04 Å². The Kier molecular flexibility index (Phi) is 5.79. The van der Waals surface area contributed by atoms with Gasteiger partial charge in [0.25, 0.3) is 0 Å². The number of amides is 1. The summed E-state index contributed by atoms with van der Waals surface area (Å²) in [6, 6.07) is 12.1. The van der Waals surface area contributed by atoms with E-state index >= 15 is 0 Å². The van der Waals surface area contributed by atoms with Crippen molar-refractivity contribution in [3.8, 4) is 0 Å². The zero-order valence-corrected chi connectivity index (χ0v) is 14.8. The number of carbonyl (C=O) groups excluding carboxylic acids is 1. The summed E-state index contributed by atoms with van der Waals surface area (Å²) in [5, 5.41) is 3.15. The lowest BCUT2D eigenvalue weighted by molar-refractivity contribution is -0.130. The lowest BCUT2D eigenvalue weighted by Gasteiger charge is -2.22. The fourth-order valence-electron chi connectivity index (χ4n) is 3.12. The second-order valence-electron chi connectivity index (χ2n) is 6.70. The zero-order chi connectivity index (χ0) is 17.6. The third kappa shape index (κ3) is 4.65. The molecule has 3 rings (SSSR count). The zero-order valence-electron chi connectivity index (χ0n) is 14.8. The van der Waals surface area contributed by atoms with E-state index in [1.54, 1.807) is 12.4 Å². The molecular formula is C20H25N3O2. The van der Waals surface area contributed by atoms with E-state index in [9.17, 15) is 4.79 Å². The average molecular weight is 339 g/mol. The second-order valence-corrected chi connectivity index (χ2v) is 6.70. The normalized spacial score (nSPS) is 18.3. The molecule has 1 saturated heterocycles. The molecule has 1 aliphatic heterocycles. The van der Waals surface area contributed by atoms with Crippen LogP contribution in [0.25, 0.3) is 0 Å². The summed E-state index contributed by atoms with van der Waals surface area (Å²) in [5.74, 6) is -0.0447. The molecule has 1 fully saturated rings. The number of rotatable bonds is 6. The number of aromatic nitrogens is 1. The lowest BCUT2D eigenvalue weighted by Crippen LogP contribution is -2.37. The molecule has 25 heavy (non-hydrogen) atoms. The van der Waals surface area contributed by atoms with Gasteiger partial charge >= 0.3 is 0 Å². The Labute approximate surface area is 149 Å². The Morgan fingerprint density at radius 2 is 1.88 bits per heavy atom. The Balaban J connectivity index is 1.82. The quantitative estimate of drug-likeness (QED) is 0.879. The van der Waals surface area contributed by atoms with Crippen molar-refractivity contribution in [3.05, 3.63) is 65.5 Å². The second kappa shape index (κ2) is 8.23. The van der Waals surface area contributed by atoms with Crippen molar-refractivity contribution in [2.75, 3.05) is 20.7 Å². The number of nitrogens with one attached hydrogen (secondary N) is 1. The average Bonchev–Trinajstić information content (AvgIpc) is 3.15. The summed E-state index contributed by atoms with van der Waals surface area (Å²) in [6.45, 7) is 1.56. The maximum atomic E-state index is 12.6. The minimum Gasteiger partial charge on any atom is -0.368 e. The van der Waals surface area contributed by atoms with Gasteiger partial charge in [0, 0.05) is 25.5 Å². The summed E-state index contributed by atoms with van der Waals surface area (Å²) in [5.41, 5.74) is 3.31. The summed E-state index contributed by atoms with van der Waals surface area (Å²) < 4.78 is 5.52. The highest BCUT2D eigenvalue weighted by atomic mass is 16.5. The van der Waals surface area contributed by atoms with Gasteiger partial charge in [-0.2, -0.15) is 0 Å². The van der Waals surface area contributed by atoms with Crippen LogP contribution in [0.5, 0.6) is 0 Å². The Hall–Kier alpha value is -2.24. The van der Waals surface area contributed by atoms with Gasteiger partial charge in [-0.25, -0.2) is 0 Å². The molecule has 0 radical (unpaired) electrons. The van der Waals surface area contributed by atoms with Crippen LogP contribution in [0.2, 0.25) is 0 Å². The highest BCUT2D eigenvalue weighted by molar-refractivity contribution is 5.81. The molecule has 1 amide bonds. The van der Waals surface area contributed by atoms with Crippen molar-refractivity contribution in [3.63, 3.8) is 0 Å². The topological polar surface area (TPSA) is 54.5 Å². The van der Waals surface area contributed by atoms with Crippen LogP contribution in [0, 0.1) is 0 Å². The Bertz CT molecular complexity index is 680. The van der Waals surface area contributed by atoms with Crippen LogP contribution in [0.15, 0.2) is 48.8 Å². The minimum atomic E-state index is -0.336. The Morgan fingerprint density at radius 1 is 1.20 bits per heavy atom. The van der Waals surface area contributed by atoms with Gasteiger partial charge in [0.1, 0.15) is 6.10 Å². The van der Waals surface area contributed by atoms with Gasteiger partial charge in [-0.3, -0.25) is 9.78 Å². The molecule has 2 atom stereocenters. The van der Waals surface area contributed by atoms with E-state index in [0.717, 1.165) is 30.5 Å². The molecule has 132 valence electrons. The van der Waals surface area contributed by atoms with Crippen molar-refractivity contribution in [1.29, 1.82) is 0 Å². The molecular weight excluding hydrogens is 314 g/mol. The molecule has 1 aromatic heterocycles. The fourth-order valence-corrected chi connectivity index (χ4v) is 3.12. The highest BCUT2D eigenvalue weighted by Crippen LogP contribution is 2.23. The summed E-state index contributed by atoms with van der Waals surface area (Å²) >= 11 is 0. The molecule has 0 aliphatic carbocycles. The monoisotopic (exact) mass is 339 g/mol. The molecule has 2 heterocycles. The van der Waals surface area contributed by atoms with Crippen LogP contribution in [0.4, 0.5) is 0 Å². The molecule has 1 aliphatic rings. The van der Waals surface area contributed by atoms with Crippen LogP contribution < -0.4 is 5.32 Å². The van der Waals surface area contributed by atoms with Crippen molar-refractivity contribution < 1.29 is 9.53 Å². The first-order valence-electron chi connectivity index (χ1n) is 8.69. The van der Waals surface area contributed by atoms with Gasteiger partial charge in [0.2, 0.25) is 5.91 Å². The standard InChI is InChI=1S/C20H25N3O2/c1-23(2)14-15-5-7-16(8-6-15)19(17-9-11-21-12-10-17)22-20(24)18-4-3-13-25-18/h5-12,18-19H,3-4,13-14H2,1-2H3,(H,22,24). The fraction of sp³-hybridized carbons (Fsp3) is 0.400. The Morgan fingerprint density at radius 3 is 2.48 bits per heavy atom. The SMILES string of the molecule is CN(C)Cc1ccc(C(NC(=O)C2CCCO2)c2ccncc2)cc1. The molecule has 0 bridgehead atoms. The maximum Gasteiger partial charge on any atom is 0.249 e. The molecule has 1 N–H and O–H groups in total. The number of pyridine rings is 1. The van der Waals surface area contributed by atoms with E-state index in [0.29, 0.717) is 6.61 Å². The van der Waals surface area contributed by atoms with Gasteiger partial charge in [-0.15, -0.1) is 0 Å². The van der Waals surface area contributed by atoms with E-state index in [-0.39, 0.29) is 18.1 Å².